The molecule has 3 N–H and O–H groups in total. The predicted octanol–water partition coefficient (Wildman–Crippen LogP) is 3.58. The lowest BCUT2D eigenvalue weighted by atomic mass is 9.87. The first-order valence-corrected chi connectivity index (χ1v) is 7.24. The van der Waals surface area contributed by atoms with Crippen LogP contribution in [0.3, 0.4) is 0 Å². The Hall–Kier alpha value is -1.11. The standard InChI is InChI=1S/C14H18Cl2F2N2O2/c1-14(2,3)11(19)12(21)20-6-7-4-8(15)5-9(16)10(7)22-13(17)18/h4-5,11,13H,6,19H2,1-3H3,(H,20,21)/t11-/m1/s1. The lowest BCUT2D eigenvalue weighted by Crippen LogP contribution is -2.48. The molecule has 0 aliphatic carbocycles. The van der Waals surface area contributed by atoms with Gasteiger partial charge in [-0.05, 0) is 17.5 Å². The Morgan fingerprint density at radius 2 is 1.95 bits per heavy atom. The molecule has 22 heavy (non-hydrogen) atoms. The minimum absolute atomic E-state index is 0.0582. The average molecular weight is 355 g/mol. The van der Waals surface area contributed by atoms with Gasteiger partial charge in [-0.15, -0.1) is 0 Å². The number of amides is 1. The molecule has 0 heterocycles. The first-order valence-electron chi connectivity index (χ1n) is 6.48. The molecule has 0 aromatic heterocycles. The summed E-state index contributed by atoms with van der Waals surface area (Å²) in [5.74, 6) is -0.628. The highest BCUT2D eigenvalue weighted by Gasteiger charge is 2.27. The fourth-order valence-electron chi connectivity index (χ4n) is 1.65. The number of benzene rings is 1. The first-order chi connectivity index (χ1) is 10.0. The quantitative estimate of drug-likeness (QED) is 0.849. The summed E-state index contributed by atoms with van der Waals surface area (Å²) in [5.41, 5.74) is 5.63. The second kappa shape index (κ2) is 7.44. The van der Waals surface area contributed by atoms with E-state index in [0.29, 0.717) is 0 Å². The molecular formula is C14H18Cl2F2N2O2. The van der Waals surface area contributed by atoms with Crippen LogP contribution in [0.15, 0.2) is 12.1 Å². The van der Waals surface area contributed by atoms with Gasteiger partial charge in [0.05, 0.1) is 11.1 Å². The number of hydrogen-bond acceptors (Lipinski definition) is 3. The molecular weight excluding hydrogens is 337 g/mol. The van der Waals surface area contributed by atoms with E-state index in [1.54, 1.807) is 0 Å². The summed E-state index contributed by atoms with van der Waals surface area (Å²) < 4.78 is 29.3. The second-order valence-corrected chi connectivity index (χ2v) is 6.66. The van der Waals surface area contributed by atoms with E-state index >= 15 is 0 Å². The summed E-state index contributed by atoms with van der Waals surface area (Å²) >= 11 is 11.7. The van der Waals surface area contributed by atoms with Gasteiger partial charge in [-0.1, -0.05) is 44.0 Å². The molecule has 4 nitrogen and oxygen atoms in total. The van der Waals surface area contributed by atoms with Crippen LogP contribution in [0.25, 0.3) is 0 Å². The van der Waals surface area contributed by atoms with E-state index in [2.05, 4.69) is 10.1 Å². The minimum Gasteiger partial charge on any atom is -0.433 e. The van der Waals surface area contributed by atoms with E-state index < -0.39 is 24.0 Å². The van der Waals surface area contributed by atoms with Crippen molar-refractivity contribution < 1.29 is 18.3 Å². The molecule has 1 rings (SSSR count). The molecule has 0 saturated carbocycles. The molecule has 1 atom stereocenters. The zero-order chi connectivity index (χ0) is 17.1. The molecule has 1 amide bonds. The number of nitrogens with two attached hydrogens (primary N) is 1. The number of carbonyl (C=O) groups excluding carboxylic acids is 1. The summed E-state index contributed by atoms with van der Waals surface area (Å²) in [7, 11) is 0. The van der Waals surface area contributed by atoms with Crippen LogP contribution in [0.2, 0.25) is 10.0 Å². The Morgan fingerprint density at radius 3 is 2.45 bits per heavy atom. The summed E-state index contributed by atoms with van der Waals surface area (Å²) in [6.07, 6.45) is 0. The van der Waals surface area contributed by atoms with Crippen molar-refractivity contribution in [2.45, 2.75) is 40.0 Å². The zero-order valence-electron chi connectivity index (χ0n) is 12.4. The molecule has 0 saturated heterocycles. The van der Waals surface area contributed by atoms with Crippen molar-refractivity contribution in [3.05, 3.63) is 27.7 Å². The maximum Gasteiger partial charge on any atom is 0.387 e. The van der Waals surface area contributed by atoms with E-state index in [1.807, 2.05) is 20.8 Å². The Labute approximate surface area is 137 Å². The molecule has 0 aliphatic rings. The van der Waals surface area contributed by atoms with Crippen LogP contribution in [0.5, 0.6) is 5.75 Å². The summed E-state index contributed by atoms with van der Waals surface area (Å²) in [6, 6.07) is 1.93. The molecule has 124 valence electrons. The van der Waals surface area contributed by atoms with Gasteiger partial charge in [0.15, 0.2) is 0 Å². The average Bonchev–Trinajstić information content (AvgIpc) is 2.37. The highest BCUT2D eigenvalue weighted by atomic mass is 35.5. The number of rotatable bonds is 5. The van der Waals surface area contributed by atoms with Gasteiger partial charge in [-0.2, -0.15) is 8.78 Å². The van der Waals surface area contributed by atoms with E-state index in [1.165, 1.54) is 12.1 Å². The van der Waals surface area contributed by atoms with Crippen molar-refractivity contribution in [1.29, 1.82) is 0 Å². The summed E-state index contributed by atoms with van der Waals surface area (Å²) in [5, 5.41) is 2.76. The maximum atomic E-state index is 12.4. The lowest BCUT2D eigenvalue weighted by Gasteiger charge is -2.26. The number of halogens is 4. The lowest BCUT2D eigenvalue weighted by molar-refractivity contribution is -0.124. The van der Waals surface area contributed by atoms with Crippen molar-refractivity contribution in [3.63, 3.8) is 0 Å². The van der Waals surface area contributed by atoms with E-state index in [9.17, 15) is 13.6 Å². The number of ether oxygens (including phenoxy) is 1. The largest absolute Gasteiger partial charge is 0.433 e. The van der Waals surface area contributed by atoms with Gasteiger partial charge in [0.2, 0.25) is 5.91 Å². The van der Waals surface area contributed by atoms with Gasteiger partial charge in [-0.3, -0.25) is 4.79 Å². The van der Waals surface area contributed by atoms with Crippen LogP contribution >= 0.6 is 23.2 Å². The molecule has 1 aromatic carbocycles. The van der Waals surface area contributed by atoms with Gasteiger partial charge in [0.1, 0.15) is 5.75 Å². The highest BCUT2D eigenvalue weighted by Crippen LogP contribution is 2.33. The predicted molar refractivity (Wildman–Crippen MR) is 82.4 cm³/mol. The second-order valence-electron chi connectivity index (χ2n) is 5.82. The Bertz CT molecular complexity index is 548. The third kappa shape index (κ3) is 5.26. The number of nitrogens with one attached hydrogen (secondary N) is 1. The Morgan fingerprint density at radius 1 is 1.36 bits per heavy atom. The fraction of sp³-hybridized carbons (Fsp3) is 0.500. The molecule has 0 spiro atoms. The van der Waals surface area contributed by atoms with E-state index in [0.717, 1.165) is 0 Å². The van der Waals surface area contributed by atoms with Crippen LogP contribution in [-0.2, 0) is 11.3 Å². The van der Waals surface area contributed by atoms with Crippen LogP contribution in [0, 0.1) is 5.41 Å². The monoisotopic (exact) mass is 354 g/mol. The molecule has 0 unspecified atom stereocenters. The van der Waals surface area contributed by atoms with E-state index in [-0.39, 0.29) is 27.9 Å². The van der Waals surface area contributed by atoms with E-state index in [4.69, 9.17) is 28.9 Å². The molecule has 0 fully saturated rings. The minimum atomic E-state index is -3.04. The molecule has 0 aliphatic heterocycles. The van der Waals surface area contributed by atoms with Crippen LogP contribution in [0.4, 0.5) is 8.78 Å². The van der Waals surface area contributed by atoms with Crippen molar-refractivity contribution in [2.75, 3.05) is 0 Å². The smallest absolute Gasteiger partial charge is 0.387 e. The Balaban J connectivity index is 2.91. The summed E-state index contributed by atoms with van der Waals surface area (Å²) in [4.78, 5) is 12.0. The first kappa shape index (κ1) is 18.9. The van der Waals surface area contributed by atoms with Gasteiger partial charge in [0, 0.05) is 17.1 Å². The fourth-order valence-corrected chi connectivity index (χ4v) is 2.23. The van der Waals surface area contributed by atoms with Crippen LogP contribution < -0.4 is 15.8 Å². The third-order valence-electron chi connectivity index (χ3n) is 2.96. The van der Waals surface area contributed by atoms with Crippen molar-refractivity contribution in [2.24, 2.45) is 11.1 Å². The van der Waals surface area contributed by atoms with Crippen LogP contribution in [0.1, 0.15) is 26.3 Å². The topological polar surface area (TPSA) is 64.4 Å². The van der Waals surface area contributed by atoms with Gasteiger partial charge in [0.25, 0.3) is 0 Å². The number of carbonyl (C=O) groups is 1. The van der Waals surface area contributed by atoms with Crippen molar-refractivity contribution in [1.82, 2.24) is 5.32 Å². The summed E-state index contributed by atoms with van der Waals surface area (Å²) in [6.45, 7) is 2.34. The third-order valence-corrected chi connectivity index (χ3v) is 3.46. The molecule has 1 aromatic rings. The van der Waals surface area contributed by atoms with Gasteiger partial charge in [-0.25, -0.2) is 0 Å². The highest BCUT2D eigenvalue weighted by molar-refractivity contribution is 6.35. The normalized spacial score (nSPS) is 13.1. The van der Waals surface area contributed by atoms with Crippen LogP contribution in [-0.4, -0.2) is 18.6 Å². The number of hydrogen-bond donors (Lipinski definition) is 2. The van der Waals surface area contributed by atoms with Gasteiger partial charge >= 0.3 is 6.61 Å². The number of alkyl halides is 2. The van der Waals surface area contributed by atoms with Crippen molar-refractivity contribution >= 4 is 29.1 Å². The van der Waals surface area contributed by atoms with Gasteiger partial charge < -0.3 is 15.8 Å². The SMILES string of the molecule is CC(C)(C)[C@H](N)C(=O)NCc1cc(Cl)cc(Cl)c1OC(F)F. The molecule has 8 heteroatoms. The van der Waals surface area contributed by atoms with Crippen molar-refractivity contribution in [3.8, 4) is 5.75 Å². The molecule has 0 bridgehead atoms. The Kier molecular flexibility index (Phi) is 6.40. The maximum absolute atomic E-state index is 12.4. The zero-order valence-corrected chi connectivity index (χ0v) is 13.9. The molecule has 0 radical (unpaired) electrons.